The first-order valence-corrected chi connectivity index (χ1v) is 16.6. The first-order valence-electron chi connectivity index (χ1n) is 15.1. The zero-order chi connectivity index (χ0) is 34.0. The lowest BCUT2D eigenvalue weighted by Crippen LogP contribution is -2.59. The van der Waals surface area contributed by atoms with E-state index in [0.717, 1.165) is 43.8 Å². The molecule has 0 unspecified atom stereocenters. The molecule has 0 bridgehead atoms. The van der Waals surface area contributed by atoms with Crippen LogP contribution in [0.1, 0.15) is 48.8 Å². The van der Waals surface area contributed by atoms with Crippen molar-refractivity contribution in [3.05, 3.63) is 94.8 Å². The molecule has 252 valence electrons. The number of nitrogens with zero attached hydrogens (tertiary/aromatic N) is 3. The molecule has 10 nitrogen and oxygen atoms in total. The van der Waals surface area contributed by atoms with Crippen molar-refractivity contribution in [1.29, 1.82) is 0 Å². The highest BCUT2D eigenvalue weighted by Gasteiger charge is 2.46. The lowest BCUT2D eigenvalue weighted by molar-refractivity contribution is -0.119. The van der Waals surface area contributed by atoms with Crippen LogP contribution in [0.4, 0.5) is 28.0 Å². The fourth-order valence-corrected chi connectivity index (χ4v) is 8.40. The Kier molecular flexibility index (Phi) is 10.3. The molecule has 0 spiro atoms. The Morgan fingerprint density at radius 2 is 1.68 bits per heavy atom. The molecule has 1 aromatic heterocycles. The number of aromatic nitrogens is 1. The lowest BCUT2D eigenvalue weighted by Gasteiger charge is -2.40. The second-order valence-corrected chi connectivity index (χ2v) is 13.9. The fraction of sp³-hybridized carbons (Fsp3) is 0.406. The van der Waals surface area contributed by atoms with Gasteiger partial charge < -0.3 is 15.8 Å². The van der Waals surface area contributed by atoms with Gasteiger partial charge in [-0.2, -0.15) is 4.31 Å². The van der Waals surface area contributed by atoms with Crippen LogP contribution < -0.4 is 16.0 Å². The van der Waals surface area contributed by atoms with E-state index in [1.54, 1.807) is 6.92 Å². The first-order chi connectivity index (χ1) is 22.3. The Morgan fingerprint density at radius 1 is 1.02 bits per heavy atom. The summed E-state index contributed by atoms with van der Waals surface area (Å²) in [6.45, 7) is 2.55. The van der Waals surface area contributed by atoms with Gasteiger partial charge in [0.1, 0.15) is 23.3 Å². The van der Waals surface area contributed by atoms with Gasteiger partial charge in [-0.3, -0.25) is 9.78 Å². The average molecular weight is 678 g/mol. The van der Waals surface area contributed by atoms with E-state index in [-0.39, 0.29) is 41.3 Å². The van der Waals surface area contributed by atoms with Crippen molar-refractivity contribution >= 4 is 27.7 Å². The van der Waals surface area contributed by atoms with Crippen LogP contribution in [-0.2, 0) is 26.0 Å². The zero-order valence-electron chi connectivity index (χ0n) is 25.7. The number of halogens is 4. The smallest absolute Gasteiger partial charge is 0.421 e. The number of anilines is 1. The minimum absolute atomic E-state index is 0.0757. The average Bonchev–Trinajstić information content (AvgIpc) is 3.88. The number of ether oxygens (including phenoxy) is 1. The second-order valence-electron chi connectivity index (χ2n) is 11.8. The molecule has 1 aliphatic carbocycles. The van der Waals surface area contributed by atoms with Crippen LogP contribution in [0.5, 0.6) is 0 Å². The molecule has 47 heavy (non-hydrogen) atoms. The van der Waals surface area contributed by atoms with Crippen LogP contribution in [0.15, 0.2) is 54.9 Å². The third-order valence-corrected chi connectivity index (χ3v) is 11.1. The van der Waals surface area contributed by atoms with E-state index in [2.05, 4.69) is 10.3 Å². The number of nitrogens with one attached hydrogen (secondary N) is 1. The van der Waals surface area contributed by atoms with Gasteiger partial charge in [-0.1, -0.05) is 12.1 Å². The Balaban J connectivity index is 1.51. The van der Waals surface area contributed by atoms with Crippen molar-refractivity contribution in [1.82, 2.24) is 14.6 Å². The predicted octanol–water partition coefficient (Wildman–Crippen LogP) is 3.98. The number of benzene rings is 2. The third-order valence-electron chi connectivity index (χ3n) is 8.50. The van der Waals surface area contributed by atoms with Crippen LogP contribution in [0.2, 0.25) is 0 Å². The number of hydrogen-bond donors (Lipinski definition) is 2. The number of carbonyl (C=O) groups excluding carboxylic acids is 2. The van der Waals surface area contributed by atoms with Crippen LogP contribution in [-0.4, -0.2) is 73.3 Å². The molecule has 2 fully saturated rings. The summed E-state index contributed by atoms with van der Waals surface area (Å²) in [5.41, 5.74) is 6.16. The number of rotatable bonds is 10. The van der Waals surface area contributed by atoms with Crippen molar-refractivity contribution in [2.75, 3.05) is 25.1 Å². The van der Waals surface area contributed by atoms with E-state index < -0.39 is 68.5 Å². The monoisotopic (exact) mass is 677 g/mol. The minimum atomic E-state index is -3.59. The predicted molar refractivity (Wildman–Crippen MR) is 165 cm³/mol. The van der Waals surface area contributed by atoms with Gasteiger partial charge in [0.25, 0.3) is 5.91 Å². The summed E-state index contributed by atoms with van der Waals surface area (Å²) in [7, 11) is -2.59. The molecule has 2 aliphatic rings. The van der Waals surface area contributed by atoms with Crippen LogP contribution >= 0.6 is 0 Å². The number of imide groups is 1. The summed E-state index contributed by atoms with van der Waals surface area (Å²) in [6, 6.07) is 4.67. The largest absolute Gasteiger partial charge is 0.452 e. The summed E-state index contributed by atoms with van der Waals surface area (Å²) in [6.07, 6.45) is 1.91. The lowest BCUT2D eigenvalue weighted by atomic mass is 9.84. The summed E-state index contributed by atoms with van der Waals surface area (Å²) >= 11 is 0. The van der Waals surface area contributed by atoms with E-state index in [1.165, 1.54) is 16.4 Å². The molecule has 4 atom stereocenters. The number of sulfonamides is 1. The molecular weight excluding hydrogens is 642 g/mol. The fourth-order valence-electron chi connectivity index (χ4n) is 6.15. The van der Waals surface area contributed by atoms with Gasteiger partial charge in [0.05, 0.1) is 36.5 Å². The Labute approximate surface area is 269 Å². The van der Waals surface area contributed by atoms with Gasteiger partial charge in [0, 0.05) is 42.7 Å². The van der Waals surface area contributed by atoms with Crippen LogP contribution in [0.3, 0.4) is 0 Å². The maximum absolute atomic E-state index is 15.5. The second kappa shape index (κ2) is 14.1. The standard InChI is InChI=1S/C32H35F4N5O5S/c1-18-14-38-15-24(41(18)47(44,45)25-8-9-25)7-10-26-27(36)16-39-17-28(26)40(32(43)46-2)31(42)30(37)29(19-3-5-21(33)6-4-19)20-11-22(34)13-23(35)12-20/h3-6,11-13,16-18,24-25,29-30,38H,7-10,14-15,37H2,1-2H3/t18-,24-,29-,30-/m0/s1. The van der Waals surface area contributed by atoms with E-state index in [9.17, 15) is 31.2 Å². The van der Waals surface area contributed by atoms with E-state index in [0.29, 0.717) is 36.9 Å². The number of pyridine rings is 1. The normalized spacial score (nSPS) is 20.0. The highest BCUT2D eigenvalue weighted by Crippen LogP contribution is 2.36. The topological polar surface area (TPSA) is 135 Å². The van der Waals surface area contributed by atoms with Crippen molar-refractivity contribution in [2.24, 2.45) is 5.73 Å². The van der Waals surface area contributed by atoms with Gasteiger partial charge in [-0.05, 0) is 68.0 Å². The number of piperazine rings is 1. The molecule has 2 heterocycles. The third kappa shape index (κ3) is 7.32. The molecule has 3 aromatic rings. The number of carbonyl (C=O) groups is 2. The maximum atomic E-state index is 15.5. The first kappa shape index (κ1) is 34.4. The highest BCUT2D eigenvalue weighted by atomic mass is 32.2. The minimum Gasteiger partial charge on any atom is -0.452 e. The van der Waals surface area contributed by atoms with Crippen molar-refractivity contribution in [2.45, 2.75) is 61.9 Å². The van der Waals surface area contributed by atoms with Gasteiger partial charge in [0.2, 0.25) is 10.0 Å². The molecule has 2 amide bonds. The summed E-state index contributed by atoms with van der Waals surface area (Å²) < 4.78 is 90.9. The van der Waals surface area contributed by atoms with Gasteiger partial charge in [0.15, 0.2) is 0 Å². The Hall–Kier alpha value is -3.92. The van der Waals surface area contributed by atoms with Gasteiger partial charge >= 0.3 is 6.09 Å². The van der Waals surface area contributed by atoms with E-state index in [1.807, 2.05) is 0 Å². The highest BCUT2D eigenvalue weighted by molar-refractivity contribution is 7.90. The summed E-state index contributed by atoms with van der Waals surface area (Å²) in [4.78, 5) is 31.7. The van der Waals surface area contributed by atoms with Crippen LogP contribution in [0, 0.1) is 23.3 Å². The summed E-state index contributed by atoms with van der Waals surface area (Å²) in [5, 5.41) is 2.75. The number of nitrogens with two attached hydrogens (primary N) is 1. The zero-order valence-corrected chi connectivity index (χ0v) is 26.5. The molecule has 3 N–H and O–H groups in total. The van der Waals surface area contributed by atoms with Crippen molar-refractivity contribution in [3.63, 3.8) is 0 Å². The molecule has 0 radical (unpaired) electrons. The van der Waals surface area contributed by atoms with Gasteiger partial charge in [-0.25, -0.2) is 35.7 Å². The van der Waals surface area contributed by atoms with Crippen molar-refractivity contribution in [3.8, 4) is 0 Å². The van der Waals surface area contributed by atoms with E-state index >= 15 is 4.39 Å². The number of hydrogen-bond acceptors (Lipinski definition) is 8. The van der Waals surface area contributed by atoms with Crippen LogP contribution in [0.25, 0.3) is 0 Å². The molecule has 5 rings (SSSR count). The molecule has 15 heteroatoms. The molecular formula is C32H35F4N5O5S. The molecule has 1 saturated carbocycles. The Morgan fingerprint density at radius 3 is 2.30 bits per heavy atom. The maximum Gasteiger partial charge on any atom is 0.421 e. The van der Waals surface area contributed by atoms with Gasteiger partial charge in [-0.15, -0.1) is 0 Å². The van der Waals surface area contributed by atoms with E-state index in [4.69, 9.17) is 10.5 Å². The summed E-state index contributed by atoms with van der Waals surface area (Å²) in [5.74, 6) is -5.82. The molecule has 1 saturated heterocycles. The SMILES string of the molecule is COC(=O)N(C(=O)[C@@H](N)[C@@H](c1ccc(F)cc1)c1cc(F)cc(F)c1)c1cncc(F)c1CC[C@H]1CNC[C@H](C)N1S(=O)(=O)C1CC1. The quantitative estimate of drug-likeness (QED) is 0.308. The number of amides is 2. The molecule has 2 aromatic carbocycles. The van der Waals surface area contributed by atoms with Crippen molar-refractivity contribution < 1.29 is 40.3 Å². The number of methoxy groups -OCH3 is 1. The molecule has 1 aliphatic heterocycles. The Bertz CT molecular complexity index is 1720.